The van der Waals surface area contributed by atoms with Crippen LogP contribution >= 0.6 is 0 Å². The molecule has 1 atom stereocenters. The normalized spacial score (nSPS) is 18.9. The van der Waals surface area contributed by atoms with Gasteiger partial charge in [-0.25, -0.2) is 9.78 Å². The number of rotatable bonds is 3. The number of hydrogen-bond donors (Lipinski definition) is 3. The monoisotopic (exact) mass is 250 g/mol. The number of primary amides is 1. The molecule has 96 valence electrons. The zero-order valence-corrected chi connectivity index (χ0v) is 9.67. The number of nitrogens with two attached hydrogens (primary N) is 2. The van der Waals surface area contributed by atoms with E-state index in [0.29, 0.717) is 18.8 Å². The van der Waals surface area contributed by atoms with E-state index in [1.165, 1.54) is 12.3 Å². The lowest BCUT2D eigenvalue weighted by Crippen LogP contribution is -2.40. The quantitative estimate of drug-likeness (QED) is 0.683. The molecule has 7 heteroatoms. The van der Waals surface area contributed by atoms with Crippen molar-refractivity contribution in [3.05, 3.63) is 17.8 Å². The predicted octanol–water partition coefficient (Wildman–Crippen LogP) is -0.184. The summed E-state index contributed by atoms with van der Waals surface area (Å²) in [6.07, 6.45) is 2.76. The van der Waals surface area contributed by atoms with Crippen LogP contribution in [0.2, 0.25) is 0 Å². The van der Waals surface area contributed by atoms with Crippen LogP contribution < -0.4 is 16.4 Å². The SMILES string of the molecule is NC(=O)C1CCCN1c1cc(C(=O)O)c(N)cn1. The summed E-state index contributed by atoms with van der Waals surface area (Å²) < 4.78 is 0. The lowest BCUT2D eigenvalue weighted by atomic mass is 10.2. The standard InChI is InChI=1S/C11H14N4O3/c12-7-5-14-9(4-6(7)11(17)18)15-3-1-2-8(15)10(13)16/h4-5,8H,1-3,12H2,(H2,13,16)(H,17,18). The van der Waals surface area contributed by atoms with Crippen molar-refractivity contribution in [2.45, 2.75) is 18.9 Å². The fourth-order valence-corrected chi connectivity index (χ4v) is 2.13. The fraction of sp³-hybridized carbons (Fsp3) is 0.364. The summed E-state index contributed by atoms with van der Waals surface area (Å²) in [5.41, 5.74) is 10.9. The van der Waals surface area contributed by atoms with E-state index in [4.69, 9.17) is 16.6 Å². The van der Waals surface area contributed by atoms with Gasteiger partial charge in [-0.05, 0) is 18.9 Å². The first-order valence-corrected chi connectivity index (χ1v) is 5.55. The number of nitrogen functional groups attached to an aromatic ring is 1. The Kier molecular flexibility index (Phi) is 3.05. The van der Waals surface area contributed by atoms with Crippen molar-refractivity contribution in [3.63, 3.8) is 0 Å². The Morgan fingerprint density at radius 1 is 1.50 bits per heavy atom. The summed E-state index contributed by atoms with van der Waals surface area (Å²) in [5.74, 6) is -1.13. The summed E-state index contributed by atoms with van der Waals surface area (Å²) in [4.78, 5) is 28.1. The van der Waals surface area contributed by atoms with Gasteiger partial charge in [0.15, 0.2) is 0 Å². The first-order valence-electron chi connectivity index (χ1n) is 5.55. The molecular weight excluding hydrogens is 236 g/mol. The maximum atomic E-state index is 11.3. The maximum Gasteiger partial charge on any atom is 0.337 e. The van der Waals surface area contributed by atoms with Crippen LogP contribution in [-0.4, -0.2) is 34.6 Å². The minimum absolute atomic E-state index is 0.0184. The molecule has 1 fully saturated rings. The zero-order chi connectivity index (χ0) is 13.3. The third kappa shape index (κ3) is 2.06. The number of anilines is 2. The van der Waals surface area contributed by atoms with Gasteiger partial charge in [0.05, 0.1) is 17.4 Å². The van der Waals surface area contributed by atoms with Crippen molar-refractivity contribution >= 4 is 23.4 Å². The molecule has 1 aromatic rings. The van der Waals surface area contributed by atoms with Gasteiger partial charge in [0.1, 0.15) is 11.9 Å². The van der Waals surface area contributed by atoms with E-state index in [1.54, 1.807) is 4.90 Å². The average molecular weight is 250 g/mol. The Morgan fingerprint density at radius 3 is 2.83 bits per heavy atom. The smallest absolute Gasteiger partial charge is 0.337 e. The van der Waals surface area contributed by atoms with Gasteiger partial charge in [0.25, 0.3) is 0 Å². The number of amides is 1. The summed E-state index contributed by atoms with van der Waals surface area (Å²) in [5, 5.41) is 8.99. The van der Waals surface area contributed by atoms with Crippen LogP contribution in [0.15, 0.2) is 12.3 Å². The van der Waals surface area contributed by atoms with E-state index in [2.05, 4.69) is 4.98 Å². The molecule has 7 nitrogen and oxygen atoms in total. The lowest BCUT2D eigenvalue weighted by Gasteiger charge is -2.23. The Morgan fingerprint density at radius 2 is 2.22 bits per heavy atom. The predicted molar refractivity (Wildman–Crippen MR) is 65.2 cm³/mol. The molecule has 1 amide bonds. The molecule has 2 rings (SSSR count). The number of pyridine rings is 1. The molecule has 5 N–H and O–H groups in total. The van der Waals surface area contributed by atoms with Crippen LogP contribution in [0.3, 0.4) is 0 Å². The second kappa shape index (κ2) is 4.52. The molecular formula is C11H14N4O3. The van der Waals surface area contributed by atoms with Crippen molar-refractivity contribution in [2.24, 2.45) is 5.73 Å². The van der Waals surface area contributed by atoms with Crippen LogP contribution in [-0.2, 0) is 4.79 Å². The van der Waals surface area contributed by atoms with E-state index < -0.39 is 17.9 Å². The number of carbonyl (C=O) groups is 2. The fourth-order valence-electron chi connectivity index (χ4n) is 2.13. The molecule has 1 unspecified atom stereocenters. The molecule has 18 heavy (non-hydrogen) atoms. The topological polar surface area (TPSA) is 123 Å². The van der Waals surface area contributed by atoms with Crippen molar-refractivity contribution in [2.75, 3.05) is 17.2 Å². The van der Waals surface area contributed by atoms with E-state index >= 15 is 0 Å². The lowest BCUT2D eigenvalue weighted by molar-refractivity contribution is -0.119. The maximum absolute atomic E-state index is 11.3. The van der Waals surface area contributed by atoms with Gasteiger partial charge in [-0.3, -0.25) is 4.79 Å². The van der Waals surface area contributed by atoms with Crippen molar-refractivity contribution < 1.29 is 14.7 Å². The van der Waals surface area contributed by atoms with E-state index in [9.17, 15) is 9.59 Å². The van der Waals surface area contributed by atoms with E-state index in [1.807, 2.05) is 0 Å². The molecule has 1 aliphatic rings. The molecule has 1 aliphatic heterocycles. The molecule has 0 aliphatic carbocycles. The molecule has 2 heterocycles. The summed E-state index contributed by atoms with van der Waals surface area (Å²) in [6, 6.07) is 0.946. The van der Waals surface area contributed by atoms with Gasteiger partial charge in [-0.1, -0.05) is 0 Å². The highest BCUT2D eigenvalue weighted by Crippen LogP contribution is 2.26. The Labute approximate surface area is 103 Å². The number of nitrogens with zero attached hydrogens (tertiary/aromatic N) is 2. The van der Waals surface area contributed by atoms with Crippen molar-refractivity contribution in [1.29, 1.82) is 0 Å². The highest BCUT2D eigenvalue weighted by molar-refractivity contribution is 5.94. The van der Waals surface area contributed by atoms with Crippen LogP contribution in [0, 0.1) is 0 Å². The van der Waals surface area contributed by atoms with Gasteiger partial charge in [0, 0.05) is 6.54 Å². The number of hydrogen-bond acceptors (Lipinski definition) is 5. The summed E-state index contributed by atoms with van der Waals surface area (Å²) in [6.45, 7) is 0.629. The van der Waals surface area contributed by atoms with Gasteiger partial charge in [-0.15, -0.1) is 0 Å². The van der Waals surface area contributed by atoms with Gasteiger partial charge >= 0.3 is 5.97 Å². The van der Waals surface area contributed by atoms with Gasteiger partial charge in [0.2, 0.25) is 5.91 Å². The molecule has 0 bridgehead atoms. The second-order valence-corrected chi connectivity index (χ2v) is 4.19. The molecule has 1 saturated heterocycles. The molecule has 0 aromatic carbocycles. The first-order chi connectivity index (χ1) is 8.50. The number of aromatic nitrogens is 1. The van der Waals surface area contributed by atoms with Crippen molar-refractivity contribution in [1.82, 2.24) is 4.98 Å². The Bertz CT molecular complexity index is 503. The number of aromatic carboxylic acids is 1. The zero-order valence-electron chi connectivity index (χ0n) is 9.67. The second-order valence-electron chi connectivity index (χ2n) is 4.19. The van der Waals surface area contributed by atoms with E-state index in [0.717, 1.165) is 6.42 Å². The van der Waals surface area contributed by atoms with Gasteiger partial charge < -0.3 is 21.5 Å². The highest BCUT2D eigenvalue weighted by Gasteiger charge is 2.30. The summed E-state index contributed by atoms with van der Waals surface area (Å²) >= 11 is 0. The molecule has 0 radical (unpaired) electrons. The van der Waals surface area contributed by atoms with Crippen LogP contribution in [0.25, 0.3) is 0 Å². The van der Waals surface area contributed by atoms with Gasteiger partial charge in [-0.2, -0.15) is 0 Å². The van der Waals surface area contributed by atoms with Crippen LogP contribution in [0.1, 0.15) is 23.2 Å². The van der Waals surface area contributed by atoms with Crippen molar-refractivity contribution in [3.8, 4) is 0 Å². The Hall–Kier alpha value is -2.31. The first kappa shape index (κ1) is 12.2. The largest absolute Gasteiger partial charge is 0.478 e. The van der Waals surface area contributed by atoms with Crippen LogP contribution in [0.5, 0.6) is 0 Å². The molecule has 0 saturated carbocycles. The number of carbonyl (C=O) groups excluding carboxylic acids is 1. The third-order valence-electron chi connectivity index (χ3n) is 3.03. The summed E-state index contributed by atoms with van der Waals surface area (Å²) in [7, 11) is 0. The molecule has 0 spiro atoms. The minimum atomic E-state index is -1.12. The number of carboxylic acids is 1. The highest BCUT2D eigenvalue weighted by atomic mass is 16.4. The van der Waals surface area contributed by atoms with E-state index in [-0.39, 0.29) is 11.3 Å². The average Bonchev–Trinajstić information content (AvgIpc) is 2.78. The Balaban J connectivity index is 2.36. The minimum Gasteiger partial charge on any atom is -0.478 e. The third-order valence-corrected chi connectivity index (χ3v) is 3.03. The van der Waals surface area contributed by atoms with Crippen LogP contribution in [0.4, 0.5) is 11.5 Å². The number of carboxylic acid groups (broad SMARTS) is 1. The molecule has 1 aromatic heterocycles.